The average Bonchev–Trinajstić information content (AvgIpc) is 2.46. The predicted molar refractivity (Wildman–Crippen MR) is 86.2 cm³/mol. The zero-order valence-corrected chi connectivity index (χ0v) is 12.3. The summed E-state index contributed by atoms with van der Waals surface area (Å²) in [6.07, 6.45) is 3.77. The molecule has 0 bridgehead atoms. The molecule has 0 aliphatic heterocycles. The fourth-order valence-corrected chi connectivity index (χ4v) is 2.12. The summed E-state index contributed by atoms with van der Waals surface area (Å²) in [6.45, 7) is 0.909. The number of carboxylic acid groups (broad SMARTS) is 1. The molecule has 0 saturated heterocycles. The molecular formula is C18H19NO2. The fraction of sp³-hybridized carbons (Fsp3) is 0.167. The molecule has 3 heteroatoms. The Morgan fingerprint density at radius 1 is 1.05 bits per heavy atom. The minimum absolute atomic E-state index is 0.318. The van der Waals surface area contributed by atoms with Crippen molar-refractivity contribution >= 4 is 18.1 Å². The normalized spacial score (nSPS) is 11.2. The van der Waals surface area contributed by atoms with E-state index in [0.717, 1.165) is 12.1 Å². The fourth-order valence-electron chi connectivity index (χ4n) is 2.12. The molecule has 1 N–H and O–H groups in total. The minimum Gasteiger partial charge on any atom is -0.478 e. The molecular weight excluding hydrogens is 262 g/mol. The third kappa shape index (κ3) is 4.29. The van der Waals surface area contributed by atoms with E-state index in [1.807, 2.05) is 44.4 Å². The van der Waals surface area contributed by atoms with Crippen LogP contribution in [-0.2, 0) is 6.54 Å². The van der Waals surface area contributed by atoms with Crippen LogP contribution in [0.3, 0.4) is 0 Å². The van der Waals surface area contributed by atoms with E-state index in [-0.39, 0.29) is 0 Å². The lowest BCUT2D eigenvalue weighted by Gasteiger charge is -2.09. The van der Waals surface area contributed by atoms with Crippen molar-refractivity contribution in [3.63, 3.8) is 0 Å². The van der Waals surface area contributed by atoms with Crippen LogP contribution in [0, 0.1) is 0 Å². The van der Waals surface area contributed by atoms with Crippen LogP contribution in [0.15, 0.2) is 48.5 Å². The van der Waals surface area contributed by atoms with Gasteiger partial charge in [0.25, 0.3) is 0 Å². The number of benzene rings is 2. The summed E-state index contributed by atoms with van der Waals surface area (Å²) in [5.41, 5.74) is 3.33. The monoisotopic (exact) mass is 281 g/mol. The Hall–Kier alpha value is -2.39. The van der Waals surface area contributed by atoms with Crippen LogP contribution < -0.4 is 0 Å². The van der Waals surface area contributed by atoms with Crippen molar-refractivity contribution in [1.29, 1.82) is 0 Å². The van der Waals surface area contributed by atoms with Crippen LogP contribution >= 0.6 is 0 Å². The van der Waals surface area contributed by atoms with E-state index in [0.29, 0.717) is 11.1 Å². The van der Waals surface area contributed by atoms with Crippen LogP contribution in [0.5, 0.6) is 0 Å². The maximum Gasteiger partial charge on any atom is 0.336 e. The summed E-state index contributed by atoms with van der Waals surface area (Å²) >= 11 is 0. The smallest absolute Gasteiger partial charge is 0.336 e. The first-order valence-electron chi connectivity index (χ1n) is 6.80. The second-order valence-corrected chi connectivity index (χ2v) is 5.21. The highest BCUT2D eigenvalue weighted by atomic mass is 16.4. The molecule has 0 fully saturated rings. The van der Waals surface area contributed by atoms with E-state index in [1.165, 1.54) is 5.56 Å². The SMILES string of the molecule is CN(C)Cc1ccc(C=Cc2ccccc2C(=O)O)cc1. The van der Waals surface area contributed by atoms with E-state index < -0.39 is 5.97 Å². The number of carboxylic acids is 1. The van der Waals surface area contributed by atoms with Crippen molar-refractivity contribution < 1.29 is 9.90 Å². The van der Waals surface area contributed by atoms with Gasteiger partial charge < -0.3 is 10.0 Å². The summed E-state index contributed by atoms with van der Waals surface area (Å²) < 4.78 is 0. The molecule has 0 spiro atoms. The van der Waals surface area contributed by atoms with Crippen molar-refractivity contribution in [3.8, 4) is 0 Å². The lowest BCUT2D eigenvalue weighted by Crippen LogP contribution is -2.10. The Kier molecular flexibility index (Phi) is 4.90. The highest BCUT2D eigenvalue weighted by molar-refractivity contribution is 5.93. The van der Waals surface area contributed by atoms with Crippen molar-refractivity contribution in [2.45, 2.75) is 6.54 Å². The molecule has 21 heavy (non-hydrogen) atoms. The number of rotatable bonds is 5. The predicted octanol–water partition coefficient (Wildman–Crippen LogP) is 3.62. The van der Waals surface area contributed by atoms with Gasteiger partial charge in [-0.15, -0.1) is 0 Å². The molecule has 108 valence electrons. The molecule has 2 rings (SSSR count). The van der Waals surface area contributed by atoms with E-state index in [2.05, 4.69) is 17.0 Å². The van der Waals surface area contributed by atoms with Crippen molar-refractivity contribution in [2.75, 3.05) is 14.1 Å². The van der Waals surface area contributed by atoms with Crippen molar-refractivity contribution in [2.24, 2.45) is 0 Å². The first-order chi connectivity index (χ1) is 10.1. The van der Waals surface area contributed by atoms with E-state index in [4.69, 9.17) is 5.11 Å². The topological polar surface area (TPSA) is 40.5 Å². The number of aromatic carboxylic acids is 1. The molecule has 0 heterocycles. The van der Waals surface area contributed by atoms with Gasteiger partial charge in [-0.05, 0) is 36.9 Å². The highest BCUT2D eigenvalue weighted by Crippen LogP contribution is 2.14. The van der Waals surface area contributed by atoms with Gasteiger partial charge in [-0.1, -0.05) is 54.6 Å². The molecule has 0 aromatic heterocycles. The van der Waals surface area contributed by atoms with Gasteiger partial charge in [0.05, 0.1) is 5.56 Å². The van der Waals surface area contributed by atoms with Crippen LogP contribution in [-0.4, -0.2) is 30.1 Å². The summed E-state index contributed by atoms with van der Waals surface area (Å²) in [5.74, 6) is -0.906. The first-order valence-corrected chi connectivity index (χ1v) is 6.80. The molecule has 0 aliphatic rings. The molecule has 0 aliphatic carbocycles. The van der Waals surface area contributed by atoms with Crippen molar-refractivity contribution in [3.05, 3.63) is 70.8 Å². The average molecular weight is 281 g/mol. The molecule has 0 radical (unpaired) electrons. The summed E-state index contributed by atoms with van der Waals surface area (Å²) in [7, 11) is 4.08. The Labute approximate surface area is 125 Å². The van der Waals surface area contributed by atoms with Gasteiger partial charge in [0.1, 0.15) is 0 Å². The summed E-state index contributed by atoms with van der Waals surface area (Å²) in [4.78, 5) is 13.3. The number of hydrogen-bond acceptors (Lipinski definition) is 2. The second kappa shape index (κ2) is 6.86. The van der Waals surface area contributed by atoms with Gasteiger partial charge in [-0.3, -0.25) is 0 Å². The largest absolute Gasteiger partial charge is 0.478 e. The van der Waals surface area contributed by atoms with Crippen LogP contribution in [0.1, 0.15) is 27.0 Å². The van der Waals surface area contributed by atoms with Gasteiger partial charge in [0.15, 0.2) is 0 Å². The Morgan fingerprint density at radius 3 is 2.33 bits per heavy atom. The summed E-state index contributed by atoms with van der Waals surface area (Å²) in [5, 5.41) is 9.14. The molecule has 2 aromatic carbocycles. The lowest BCUT2D eigenvalue weighted by molar-refractivity contribution is 0.0696. The summed E-state index contributed by atoms with van der Waals surface area (Å²) in [6, 6.07) is 15.2. The Balaban J connectivity index is 2.16. The van der Waals surface area contributed by atoms with Crippen molar-refractivity contribution in [1.82, 2.24) is 4.90 Å². The molecule has 0 atom stereocenters. The minimum atomic E-state index is -0.906. The Morgan fingerprint density at radius 2 is 1.71 bits per heavy atom. The number of hydrogen-bond donors (Lipinski definition) is 1. The van der Waals surface area contributed by atoms with Gasteiger partial charge in [0.2, 0.25) is 0 Å². The molecule has 0 amide bonds. The quantitative estimate of drug-likeness (QED) is 0.851. The Bertz CT molecular complexity index is 643. The number of nitrogens with zero attached hydrogens (tertiary/aromatic N) is 1. The maximum absolute atomic E-state index is 11.1. The molecule has 0 unspecified atom stereocenters. The number of carbonyl (C=O) groups is 1. The van der Waals surface area contributed by atoms with Gasteiger partial charge in [-0.25, -0.2) is 4.79 Å². The van der Waals surface area contributed by atoms with Crippen LogP contribution in [0.2, 0.25) is 0 Å². The second-order valence-electron chi connectivity index (χ2n) is 5.21. The molecule has 0 saturated carbocycles. The lowest BCUT2D eigenvalue weighted by atomic mass is 10.1. The van der Waals surface area contributed by atoms with E-state index in [1.54, 1.807) is 18.2 Å². The standard InChI is InChI=1S/C18H19NO2/c1-19(2)13-15-9-7-14(8-10-15)11-12-16-5-3-4-6-17(16)18(20)21/h3-12H,13H2,1-2H3,(H,20,21). The maximum atomic E-state index is 11.1. The van der Waals surface area contributed by atoms with Crippen LogP contribution in [0.4, 0.5) is 0 Å². The van der Waals surface area contributed by atoms with Gasteiger partial charge >= 0.3 is 5.97 Å². The third-order valence-corrected chi connectivity index (χ3v) is 3.13. The van der Waals surface area contributed by atoms with Gasteiger partial charge in [0, 0.05) is 6.54 Å². The highest BCUT2D eigenvalue weighted by Gasteiger charge is 2.05. The van der Waals surface area contributed by atoms with Crippen LogP contribution in [0.25, 0.3) is 12.2 Å². The third-order valence-electron chi connectivity index (χ3n) is 3.13. The molecule has 3 nitrogen and oxygen atoms in total. The van der Waals surface area contributed by atoms with Gasteiger partial charge in [-0.2, -0.15) is 0 Å². The van der Waals surface area contributed by atoms with E-state index >= 15 is 0 Å². The molecule has 2 aromatic rings. The zero-order valence-electron chi connectivity index (χ0n) is 12.3. The van der Waals surface area contributed by atoms with E-state index in [9.17, 15) is 4.79 Å². The zero-order chi connectivity index (χ0) is 15.2. The first kappa shape index (κ1) is 15.0.